The quantitative estimate of drug-likeness (QED) is 0.668. The van der Waals surface area contributed by atoms with E-state index in [1.54, 1.807) is 11.1 Å². The highest BCUT2D eigenvalue weighted by Crippen LogP contribution is 2.24. The molecule has 6 nitrogen and oxygen atoms in total. The summed E-state index contributed by atoms with van der Waals surface area (Å²) in [4.78, 5) is 14.1. The summed E-state index contributed by atoms with van der Waals surface area (Å²) in [6.07, 6.45) is 2.99. The summed E-state index contributed by atoms with van der Waals surface area (Å²) in [5.74, 6) is 1.57. The Hall–Kier alpha value is -2.02. The van der Waals surface area contributed by atoms with Gasteiger partial charge in [-0.2, -0.15) is 5.10 Å². The van der Waals surface area contributed by atoms with E-state index in [1.807, 2.05) is 50.2 Å². The molecule has 1 saturated heterocycles. The molecule has 0 unspecified atom stereocenters. The molecule has 152 valence electrons. The van der Waals surface area contributed by atoms with E-state index in [4.69, 9.17) is 21.8 Å². The smallest absolute Gasteiger partial charge is 0.340 e. The number of amides is 2. The molecule has 2 amide bonds. The number of hydrogen-bond donors (Lipinski definition) is 1. The minimum Gasteiger partial charge on any atom is -0.461 e. The van der Waals surface area contributed by atoms with Gasteiger partial charge >= 0.3 is 6.03 Å². The van der Waals surface area contributed by atoms with Crippen molar-refractivity contribution in [1.82, 2.24) is 9.91 Å². The highest BCUT2D eigenvalue weighted by Gasteiger charge is 2.28. The third kappa shape index (κ3) is 5.99. The largest absolute Gasteiger partial charge is 0.461 e. The van der Waals surface area contributed by atoms with E-state index in [1.165, 1.54) is 5.01 Å². The van der Waals surface area contributed by atoms with Crippen molar-refractivity contribution in [2.24, 2.45) is 10.8 Å². The molecule has 8 heteroatoms. The Kier molecular flexibility index (Phi) is 7.52. The van der Waals surface area contributed by atoms with Gasteiger partial charge in [0.25, 0.3) is 0 Å². The molecular formula is C20H26Cl2N4O2. The maximum absolute atomic E-state index is 12.3. The number of carbonyl (C=O) groups excluding carboxylic acids is 1. The minimum absolute atomic E-state index is 0. The van der Waals surface area contributed by atoms with Gasteiger partial charge in [-0.15, -0.1) is 12.4 Å². The van der Waals surface area contributed by atoms with Gasteiger partial charge in [-0.05, 0) is 56.7 Å². The Balaban J connectivity index is 0.00000280. The highest BCUT2D eigenvalue weighted by atomic mass is 35.5. The number of benzene rings is 1. The van der Waals surface area contributed by atoms with Gasteiger partial charge in [-0.25, -0.2) is 9.80 Å². The standard InChI is InChI=1S/C20H25ClN4O2.ClH/c1-20(2,22)10-12-24-13-14-25(19(24)26)23-11-9-17-7-8-18(27-17)15-3-5-16(21)6-4-15;/h3-8,11H,9-10,12-14,22H2,1-2H3;1H. The molecule has 0 radical (unpaired) electrons. The first kappa shape index (κ1) is 22.3. The number of nitrogens with zero attached hydrogens (tertiary/aromatic N) is 3. The first-order valence-electron chi connectivity index (χ1n) is 9.04. The van der Waals surface area contributed by atoms with Crippen LogP contribution in [0.1, 0.15) is 26.0 Å². The molecule has 0 spiro atoms. The number of halogens is 2. The molecule has 0 aliphatic carbocycles. The lowest BCUT2D eigenvalue weighted by Gasteiger charge is -2.22. The van der Waals surface area contributed by atoms with E-state index in [9.17, 15) is 4.79 Å². The van der Waals surface area contributed by atoms with E-state index in [2.05, 4.69) is 5.10 Å². The molecule has 2 aromatic rings. The van der Waals surface area contributed by atoms with Crippen LogP contribution in [0.3, 0.4) is 0 Å². The number of furan rings is 1. The molecule has 2 heterocycles. The van der Waals surface area contributed by atoms with Gasteiger partial charge in [0, 0.05) is 41.8 Å². The number of hydrogen-bond acceptors (Lipinski definition) is 4. The number of carbonyl (C=O) groups is 1. The van der Waals surface area contributed by atoms with Crippen molar-refractivity contribution in [3.8, 4) is 11.3 Å². The lowest BCUT2D eigenvalue weighted by Crippen LogP contribution is -2.38. The Labute approximate surface area is 176 Å². The third-order valence-corrected chi connectivity index (χ3v) is 4.65. The first-order chi connectivity index (χ1) is 12.8. The van der Waals surface area contributed by atoms with E-state index >= 15 is 0 Å². The molecule has 1 fully saturated rings. The van der Waals surface area contributed by atoms with Crippen LogP contribution in [-0.4, -0.2) is 47.3 Å². The van der Waals surface area contributed by atoms with Gasteiger partial charge in [0.1, 0.15) is 11.5 Å². The van der Waals surface area contributed by atoms with Gasteiger partial charge in [0.15, 0.2) is 0 Å². The summed E-state index contributed by atoms with van der Waals surface area (Å²) in [7, 11) is 0. The number of rotatable bonds is 7. The lowest BCUT2D eigenvalue weighted by molar-refractivity contribution is 0.190. The first-order valence-corrected chi connectivity index (χ1v) is 9.42. The van der Waals surface area contributed by atoms with Crippen LogP contribution < -0.4 is 5.73 Å². The van der Waals surface area contributed by atoms with Gasteiger partial charge in [0.2, 0.25) is 0 Å². The normalized spacial score (nSPS) is 14.8. The minimum atomic E-state index is -0.280. The molecule has 1 aliphatic heterocycles. The van der Waals surface area contributed by atoms with Crippen LogP contribution in [0.15, 0.2) is 45.9 Å². The molecule has 3 rings (SSSR count). The maximum Gasteiger partial charge on any atom is 0.340 e. The highest BCUT2D eigenvalue weighted by molar-refractivity contribution is 6.30. The molecule has 0 bridgehead atoms. The average molecular weight is 425 g/mol. The molecule has 2 N–H and O–H groups in total. The fourth-order valence-corrected chi connectivity index (χ4v) is 2.92. The summed E-state index contributed by atoms with van der Waals surface area (Å²) in [5, 5.41) is 6.48. The monoisotopic (exact) mass is 424 g/mol. The lowest BCUT2D eigenvalue weighted by atomic mass is 10.0. The van der Waals surface area contributed by atoms with Crippen molar-refractivity contribution in [1.29, 1.82) is 0 Å². The molecule has 0 atom stereocenters. The van der Waals surface area contributed by atoms with Gasteiger partial charge in [-0.1, -0.05) is 11.6 Å². The van der Waals surface area contributed by atoms with E-state index in [0.29, 0.717) is 31.1 Å². The van der Waals surface area contributed by atoms with Crippen LogP contribution in [0.4, 0.5) is 4.79 Å². The third-order valence-electron chi connectivity index (χ3n) is 4.40. The molecule has 1 aliphatic rings. The summed E-state index contributed by atoms with van der Waals surface area (Å²) in [6, 6.07) is 11.3. The molecule has 0 saturated carbocycles. The zero-order valence-electron chi connectivity index (χ0n) is 16.1. The van der Waals surface area contributed by atoms with Crippen molar-refractivity contribution >= 4 is 36.3 Å². The van der Waals surface area contributed by atoms with Crippen LogP contribution in [0.5, 0.6) is 0 Å². The average Bonchev–Trinajstić information content (AvgIpc) is 3.21. The molecule has 1 aromatic heterocycles. The predicted octanol–water partition coefficient (Wildman–Crippen LogP) is 4.42. The second-order valence-corrected chi connectivity index (χ2v) is 7.84. The van der Waals surface area contributed by atoms with Crippen molar-refractivity contribution in [3.63, 3.8) is 0 Å². The number of hydrazone groups is 1. The van der Waals surface area contributed by atoms with E-state index in [0.717, 1.165) is 23.5 Å². The van der Waals surface area contributed by atoms with Gasteiger partial charge in [0.05, 0.1) is 6.54 Å². The summed E-state index contributed by atoms with van der Waals surface area (Å²) >= 11 is 5.91. The fraction of sp³-hybridized carbons (Fsp3) is 0.400. The topological polar surface area (TPSA) is 75.1 Å². The van der Waals surface area contributed by atoms with Gasteiger partial charge < -0.3 is 15.1 Å². The number of nitrogens with two attached hydrogens (primary N) is 1. The molecule has 1 aromatic carbocycles. The Bertz CT molecular complexity index is 812. The fourth-order valence-electron chi connectivity index (χ4n) is 2.79. The van der Waals surface area contributed by atoms with Crippen molar-refractivity contribution in [2.75, 3.05) is 19.6 Å². The van der Waals surface area contributed by atoms with Crippen LogP contribution in [0.2, 0.25) is 5.02 Å². The Morgan fingerprint density at radius 3 is 2.61 bits per heavy atom. The SMILES string of the molecule is CC(C)(N)CCN1CCN(N=CCc2ccc(-c3ccc(Cl)cc3)o2)C1=O.Cl. The summed E-state index contributed by atoms with van der Waals surface area (Å²) in [6.45, 7) is 5.84. The number of urea groups is 1. The van der Waals surface area contributed by atoms with Crippen LogP contribution in [-0.2, 0) is 6.42 Å². The maximum atomic E-state index is 12.3. The predicted molar refractivity (Wildman–Crippen MR) is 115 cm³/mol. The van der Waals surface area contributed by atoms with Crippen molar-refractivity contribution in [3.05, 3.63) is 47.2 Å². The van der Waals surface area contributed by atoms with Crippen LogP contribution in [0, 0.1) is 0 Å². The van der Waals surface area contributed by atoms with Crippen molar-refractivity contribution < 1.29 is 9.21 Å². The second kappa shape index (κ2) is 9.45. The summed E-state index contributed by atoms with van der Waals surface area (Å²) < 4.78 is 5.84. The van der Waals surface area contributed by atoms with Crippen molar-refractivity contribution in [2.45, 2.75) is 32.2 Å². The van der Waals surface area contributed by atoms with Crippen LogP contribution in [0.25, 0.3) is 11.3 Å². The van der Waals surface area contributed by atoms with Crippen LogP contribution >= 0.6 is 24.0 Å². The Morgan fingerprint density at radius 1 is 1.21 bits per heavy atom. The van der Waals surface area contributed by atoms with E-state index in [-0.39, 0.29) is 24.0 Å². The Morgan fingerprint density at radius 2 is 1.93 bits per heavy atom. The van der Waals surface area contributed by atoms with E-state index < -0.39 is 0 Å². The molecule has 28 heavy (non-hydrogen) atoms. The van der Waals surface area contributed by atoms with Gasteiger partial charge in [-0.3, -0.25) is 0 Å². The molecular weight excluding hydrogens is 399 g/mol. The second-order valence-electron chi connectivity index (χ2n) is 7.41. The zero-order chi connectivity index (χ0) is 19.4. The summed E-state index contributed by atoms with van der Waals surface area (Å²) in [5.41, 5.74) is 6.68. The zero-order valence-corrected chi connectivity index (χ0v) is 17.7.